The highest BCUT2D eigenvalue weighted by molar-refractivity contribution is 6.28. The van der Waals surface area contributed by atoms with Gasteiger partial charge >= 0.3 is 0 Å². The molecule has 3 atom stereocenters. The van der Waals surface area contributed by atoms with Gasteiger partial charge in [-0.05, 0) is 23.1 Å². The molecule has 0 bridgehead atoms. The fourth-order valence-electron chi connectivity index (χ4n) is 1.47. The molecule has 0 saturated heterocycles. The first-order chi connectivity index (χ1) is 5.82. The lowest BCUT2D eigenvalue weighted by molar-refractivity contribution is 0.0638. The van der Waals surface area contributed by atoms with Gasteiger partial charge in [0, 0.05) is 12.0 Å². The number of nitrogens with two attached hydrogens (primary N) is 1. The molecule has 2 nitrogen and oxygen atoms in total. The Hall–Kier alpha value is -0.210. The van der Waals surface area contributed by atoms with E-state index in [1.807, 2.05) is 6.08 Å². The van der Waals surface area contributed by atoms with E-state index in [2.05, 4.69) is 27.7 Å². The van der Waals surface area contributed by atoms with Crippen LogP contribution in [-0.4, -0.2) is 12.1 Å². The Kier molecular flexibility index (Phi) is 2.93. The lowest BCUT2D eigenvalue weighted by Crippen LogP contribution is -2.47. The van der Waals surface area contributed by atoms with E-state index in [0.717, 1.165) is 0 Å². The van der Waals surface area contributed by atoms with Gasteiger partial charge in [-0.25, -0.2) is 0 Å². The van der Waals surface area contributed by atoms with Crippen LogP contribution < -0.4 is 5.73 Å². The molecule has 0 radical (unpaired) electrons. The summed E-state index contributed by atoms with van der Waals surface area (Å²) in [5.74, 6) is 0.307. The average molecular weight is 204 g/mol. The van der Waals surface area contributed by atoms with Gasteiger partial charge in [-0.2, -0.15) is 0 Å². The monoisotopic (exact) mass is 203 g/mol. The zero-order valence-corrected chi connectivity index (χ0v) is 9.43. The molecule has 1 aliphatic heterocycles. The molecular weight excluding hydrogens is 186 g/mol. The van der Waals surface area contributed by atoms with Crippen LogP contribution in [0.5, 0.6) is 0 Å². The van der Waals surface area contributed by atoms with Crippen LogP contribution >= 0.6 is 11.6 Å². The van der Waals surface area contributed by atoms with E-state index >= 15 is 0 Å². The van der Waals surface area contributed by atoms with Crippen molar-refractivity contribution in [2.24, 2.45) is 17.1 Å². The molecule has 0 amide bonds. The van der Waals surface area contributed by atoms with E-state index in [1.165, 1.54) is 0 Å². The molecule has 76 valence electrons. The van der Waals surface area contributed by atoms with Crippen LogP contribution in [0.25, 0.3) is 0 Å². The lowest BCUT2D eigenvalue weighted by atomic mass is 9.81. The number of ether oxygens (including phenoxy) is 1. The van der Waals surface area contributed by atoms with Gasteiger partial charge in [0.1, 0.15) is 6.10 Å². The highest BCUT2D eigenvalue weighted by atomic mass is 35.5. The molecule has 0 aromatic rings. The summed E-state index contributed by atoms with van der Waals surface area (Å²) in [6.45, 7) is 8.41. The van der Waals surface area contributed by atoms with E-state index in [4.69, 9.17) is 22.1 Å². The maximum atomic E-state index is 6.09. The summed E-state index contributed by atoms with van der Waals surface area (Å²) < 4.78 is 5.46. The Balaban J connectivity index is 2.66. The van der Waals surface area contributed by atoms with Crippen LogP contribution in [0.2, 0.25) is 0 Å². The number of hydrogen-bond acceptors (Lipinski definition) is 2. The van der Waals surface area contributed by atoms with Crippen LogP contribution in [0.15, 0.2) is 11.3 Å². The molecular formula is C10H18ClNO. The summed E-state index contributed by atoms with van der Waals surface area (Å²) >= 11 is 5.78. The van der Waals surface area contributed by atoms with Crippen LogP contribution in [-0.2, 0) is 4.74 Å². The summed E-state index contributed by atoms with van der Waals surface area (Å²) in [5, 5.41) is 0.484. The minimum Gasteiger partial charge on any atom is -0.478 e. The van der Waals surface area contributed by atoms with E-state index < -0.39 is 0 Å². The topological polar surface area (TPSA) is 35.2 Å². The second kappa shape index (κ2) is 3.50. The highest BCUT2D eigenvalue weighted by Gasteiger charge is 2.36. The zero-order chi connectivity index (χ0) is 10.2. The van der Waals surface area contributed by atoms with Gasteiger partial charge in [-0.3, -0.25) is 0 Å². The zero-order valence-electron chi connectivity index (χ0n) is 8.67. The molecule has 0 aromatic heterocycles. The van der Waals surface area contributed by atoms with Crippen LogP contribution in [0, 0.1) is 11.3 Å². The first kappa shape index (κ1) is 10.9. The molecule has 1 heterocycles. The summed E-state index contributed by atoms with van der Waals surface area (Å²) in [6, 6.07) is 0.00926. The summed E-state index contributed by atoms with van der Waals surface area (Å²) in [7, 11) is 0. The van der Waals surface area contributed by atoms with Gasteiger partial charge < -0.3 is 10.5 Å². The Bertz CT molecular complexity index is 219. The predicted octanol–water partition coefficient (Wildman–Crippen LogP) is 2.47. The Morgan fingerprint density at radius 2 is 2.08 bits per heavy atom. The molecule has 2 N–H and O–H groups in total. The SMILES string of the molecule is CC1C=C(Cl)OC1[C@H](N)C(C)(C)C. The van der Waals surface area contributed by atoms with E-state index in [-0.39, 0.29) is 17.6 Å². The van der Waals surface area contributed by atoms with Crippen LogP contribution in [0.1, 0.15) is 27.7 Å². The fraction of sp³-hybridized carbons (Fsp3) is 0.800. The van der Waals surface area contributed by atoms with Crippen molar-refractivity contribution in [2.45, 2.75) is 39.8 Å². The number of hydrogen-bond donors (Lipinski definition) is 1. The molecule has 13 heavy (non-hydrogen) atoms. The largest absolute Gasteiger partial charge is 0.478 e. The Morgan fingerprint density at radius 1 is 1.54 bits per heavy atom. The lowest BCUT2D eigenvalue weighted by Gasteiger charge is -2.33. The van der Waals surface area contributed by atoms with Gasteiger partial charge in [0.05, 0.1) is 0 Å². The quantitative estimate of drug-likeness (QED) is 0.711. The number of halogens is 1. The van der Waals surface area contributed by atoms with E-state index in [1.54, 1.807) is 0 Å². The van der Waals surface area contributed by atoms with Crippen molar-refractivity contribution in [2.75, 3.05) is 0 Å². The molecule has 0 spiro atoms. The highest BCUT2D eigenvalue weighted by Crippen LogP contribution is 2.33. The first-order valence-corrected chi connectivity index (χ1v) is 4.99. The van der Waals surface area contributed by atoms with Crippen LogP contribution in [0.4, 0.5) is 0 Å². The minimum atomic E-state index is 0.00926. The molecule has 0 saturated carbocycles. The smallest absolute Gasteiger partial charge is 0.183 e. The van der Waals surface area contributed by atoms with E-state index in [9.17, 15) is 0 Å². The molecule has 3 heteroatoms. The van der Waals surface area contributed by atoms with Crippen molar-refractivity contribution in [1.29, 1.82) is 0 Å². The van der Waals surface area contributed by atoms with Crippen molar-refractivity contribution in [3.63, 3.8) is 0 Å². The second-order valence-electron chi connectivity index (χ2n) is 4.80. The van der Waals surface area contributed by atoms with Gasteiger partial charge in [-0.1, -0.05) is 27.7 Å². The van der Waals surface area contributed by atoms with Crippen molar-refractivity contribution >= 4 is 11.6 Å². The van der Waals surface area contributed by atoms with E-state index in [0.29, 0.717) is 11.1 Å². The summed E-state index contributed by atoms with van der Waals surface area (Å²) in [6.07, 6.45) is 1.94. The van der Waals surface area contributed by atoms with Gasteiger partial charge in [0.2, 0.25) is 0 Å². The first-order valence-electron chi connectivity index (χ1n) is 4.62. The van der Waals surface area contributed by atoms with Crippen molar-refractivity contribution < 1.29 is 4.74 Å². The molecule has 0 fully saturated rings. The maximum absolute atomic E-state index is 6.09. The molecule has 1 aliphatic rings. The standard InChI is InChI=1S/C10H18ClNO/c1-6-5-7(11)13-8(6)9(12)10(2,3)4/h5-6,8-9H,12H2,1-4H3/t6?,8?,9-/m0/s1. The van der Waals surface area contributed by atoms with Gasteiger partial charge in [-0.15, -0.1) is 0 Å². The van der Waals surface area contributed by atoms with Crippen molar-refractivity contribution in [3.8, 4) is 0 Å². The maximum Gasteiger partial charge on any atom is 0.183 e. The van der Waals surface area contributed by atoms with Gasteiger partial charge in [0.15, 0.2) is 5.22 Å². The van der Waals surface area contributed by atoms with Gasteiger partial charge in [0.25, 0.3) is 0 Å². The van der Waals surface area contributed by atoms with Crippen molar-refractivity contribution in [1.82, 2.24) is 0 Å². The third-order valence-electron chi connectivity index (χ3n) is 2.51. The second-order valence-corrected chi connectivity index (χ2v) is 5.18. The Labute approximate surface area is 85.1 Å². The molecule has 1 rings (SSSR count). The number of rotatable bonds is 1. The summed E-state index contributed by atoms with van der Waals surface area (Å²) in [4.78, 5) is 0. The molecule has 0 aromatic carbocycles. The molecule has 2 unspecified atom stereocenters. The summed E-state index contributed by atoms with van der Waals surface area (Å²) in [5.41, 5.74) is 6.14. The van der Waals surface area contributed by atoms with Crippen molar-refractivity contribution in [3.05, 3.63) is 11.3 Å². The van der Waals surface area contributed by atoms with Crippen LogP contribution in [0.3, 0.4) is 0 Å². The minimum absolute atomic E-state index is 0.00926. The normalized spacial score (nSPS) is 31.1. The third-order valence-corrected chi connectivity index (χ3v) is 2.73. The fourth-order valence-corrected chi connectivity index (χ4v) is 1.77. The Morgan fingerprint density at radius 3 is 2.38 bits per heavy atom. The average Bonchev–Trinajstić information content (AvgIpc) is 2.26. The third kappa shape index (κ3) is 2.38. The predicted molar refractivity (Wildman–Crippen MR) is 55.4 cm³/mol. The molecule has 0 aliphatic carbocycles.